The summed E-state index contributed by atoms with van der Waals surface area (Å²) in [6.45, 7) is -0.770. The molecule has 7 nitrogen and oxygen atoms in total. The molecule has 0 aliphatic rings. The Bertz CT molecular complexity index is 456. The topological polar surface area (TPSA) is 97.2 Å². The number of carbonyl (C=O) groups excluding carboxylic acids is 2. The minimum atomic E-state index is -0.613. The molecule has 0 radical (unpaired) electrons. The van der Waals surface area contributed by atoms with Crippen LogP contribution in [0.2, 0.25) is 0 Å². The van der Waals surface area contributed by atoms with Gasteiger partial charge in [-0.05, 0) is 29.8 Å². The maximum atomic E-state index is 10.9. The van der Waals surface area contributed by atoms with Gasteiger partial charge in [-0.15, -0.1) is 0 Å². The third-order valence-corrected chi connectivity index (χ3v) is 2.01. The molecular weight excluding hydrogens is 252 g/mol. The molecule has 0 aliphatic carbocycles. The first kappa shape index (κ1) is 14.7. The number of benzene rings is 1. The second-order valence-electron chi connectivity index (χ2n) is 3.39. The SMILES string of the molecule is COC(=O)COc1ccc(/C=N\NC(=O)CO)cc1. The van der Waals surface area contributed by atoms with E-state index in [9.17, 15) is 9.59 Å². The lowest BCUT2D eigenvalue weighted by molar-refractivity contribution is -0.142. The Hall–Kier alpha value is -2.41. The van der Waals surface area contributed by atoms with Gasteiger partial charge in [-0.25, -0.2) is 10.2 Å². The Balaban J connectivity index is 2.47. The molecular formula is C12H14N2O5. The van der Waals surface area contributed by atoms with Crippen molar-refractivity contribution < 1.29 is 24.2 Å². The summed E-state index contributed by atoms with van der Waals surface area (Å²) in [6, 6.07) is 6.69. The predicted octanol–water partition coefficient (Wildman–Crippen LogP) is -0.319. The van der Waals surface area contributed by atoms with Crippen LogP contribution in [-0.4, -0.2) is 43.5 Å². The Morgan fingerprint density at radius 2 is 2.05 bits per heavy atom. The highest BCUT2D eigenvalue weighted by atomic mass is 16.6. The average Bonchev–Trinajstić information content (AvgIpc) is 2.45. The maximum Gasteiger partial charge on any atom is 0.343 e. The lowest BCUT2D eigenvalue weighted by atomic mass is 10.2. The van der Waals surface area contributed by atoms with E-state index in [0.29, 0.717) is 5.75 Å². The number of hydrazone groups is 1. The molecule has 0 saturated carbocycles. The van der Waals surface area contributed by atoms with Crippen LogP contribution in [0.1, 0.15) is 5.56 Å². The van der Waals surface area contributed by atoms with E-state index in [1.807, 2.05) is 0 Å². The Labute approximate surface area is 109 Å². The Morgan fingerprint density at radius 3 is 2.63 bits per heavy atom. The summed E-state index contributed by atoms with van der Waals surface area (Å²) in [5.41, 5.74) is 2.86. The lowest BCUT2D eigenvalue weighted by Crippen LogP contribution is -2.20. The Kier molecular flexibility index (Phi) is 6.04. The van der Waals surface area contributed by atoms with E-state index < -0.39 is 18.5 Å². The summed E-state index contributed by atoms with van der Waals surface area (Å²) >= 11 is 0. The number of esters is 1. The number of ether oxygens (including phenoxy) is 2. The van der Waals surface area contributed by atoms with Gasteiger partial charge in [-0.1, -0.05) is 0 Å². The average molecular weight is 266 g/mol. The van der Waals surface area contributed by atoms with E-state index >= 15 is 0 Å². The van der Waals surface area contributed by atoms with E-state index in [0.717, 1.165) is 5.56 Å². The zero-order chi connectivity index (χ0) is 14.1. The van der Waals surface area contributed by atoms with Crippen LogP contribution in [0.3, 0.4) is 0 Å². The number of hydrogen-bond acceptors (Lipinski definition) is 6. The summed E-state index contributed by atoms with van der Waals surface area (Å²) in [6.07, 6.45) is 1.41. The molecule has 0 heterocycles. The molecule has 102 valence electrons. The number of methoxy groups -OCH3 is 1. The zero-order valence-corrected chi connectivity index (χ0v) is 10.3. The molecule has 0 aromatic heterocycles. The van der Waals surface area contributed by atoms with Crippen LogP contribution >= 0.6 is 0 Å². The number of nitrogens with zero attached hydrogens (tertiary/aromatic N) is 1. The summed E-state index contributed by atoms with van der Waals surface area (Å²) in [5, 5.41) is 12.1. The van der Waals surface area contributed by atoms with Gasteiger partial charge in [0.2, 0.25) is 0 Å². The van der Waals surface area contributed by atoms with Gasteiger partial charge in [0.25, 0.3) is 5.91 Å². The van der Waals surface area contributed by atoms with Crippen LogP contribution in [0, 0.1) is 0 Å². The molecule has 0 unspecified atom stereocenters. The first-order chi connectivity index (χ1) is 9.15. The third kappa shape index (κ3) is 5.64. The smallest absolute Gasteiger partial charge is 0.343 e. The highest BCUT2D eigenvalue weighted by Gasteiger charge is 2.01. The molecule has 7 heteroatoms. The summed E-state index contributed by atoms with van der Waals surface area (Å²) in [4.78, 5) is 21.6. The molecule has 0 bridgehead atoms. The predicted molar refractivity (Wildman–Crippen MR) is 66.8 cm³/mol. The second kappa shape index (κ2) is 7.83. The van der Waals surface area contributed by atoms with Gasteiger partial charge >= 0.3 is 5.97 Å². The van der Waals surface area contributed by atoms with Crippen molar-refractivity contribution in [2.45, 2.75) is 0 Å². The molecule has 1 aromatic rings. The van der Waals surface area contributed by atoms with Crippen molar-refractivity contribution in [3.8, 4) is 5.75 Å². The first-order valence-corrected chi connectivity index (χ1v) is 5.38. The van der Waals surface area contributed by atoms with Crippen molar-refractivity contribution >= 4 is 18.1 Å². The fourth-order valence-electron chi connectivity index (χ4n) is 1.07. The highest BCUT2D eigenvalue weighted by molar-refractivity contribution is 5.82. The van der Waals surface area contributed by atoms with E-state index in [1.54, 1.807) is 24.3 Å². The monoisotopic (exact) mass is 266 g/mol. The number of nitrogens with one attached hydrogen (secondary N) is 1. The summed E-state index contributed by atoms with van der Waals surface area (Å²) < 4.78 is 9.59. The number of carbonyl (C=O) groups is 2. The van der Waals surface area contributed by atoms with E-state index in [1.165, 1.54) is 13.3 Å². The van der Waals surface area contributed by atoms with Crippen LogP contribution in [0.15, 0.2) is 29.4 Å². The summed E-state index contributed by atoms with van der Waals surface area (Å²) in [5.74, 6) is -0.534. The lowest BCUT2D eigenvalue weighted by Gasteiger charge is -2.04. The molecule has 1 aromatic carbocycles. The normalized spacial score (nSPS) is 10.2. The van der Waals surface area contributed by atoms with Crippen LogP contribution in [0.5, 0.6) is 5.75 Å². The minimum absolute atomic E-state index is 0.156. The quantitative estimate of drug-likeness (QED) is 0.418. The van der Waals surface area contributed by atoms with Crippen LogP contribution < -0.4 is 10.2 Å². The number of hydrogen-bond donors (Lipinski definition) is 2. The number of aliphatic hydroxyl groups is 1. The van der Waals surface area contributed by atoms with Crippen LogP contribution in [0.4, 0.5) is 0 Å². The largest absolute Gasteiger partial charge is 0.482 e. The second-order valence-corrected chi connectivity index (χ2v) is 3.39. The van der Waals surface area contributed by atoms with Crippen molar-refractivity contribution in [1.29, 1.82) is 0 Å². The van der Waals surface area contributed by atoms with Gasteiger partial charge < -0.3 is 14.6 Å². The van der Waals surface area contributed by atoms with Crippen molar-refractivity contribution in [3.05, 3.63) is 29.8 Å². The van der Waals surface area contributed by atoms with Crippen molar-refractivity contribution in [3.63, 3.8) is 0 Å². The van der Waals surface area contributed by atoms with Crippen molar-refractivity contribution in [1.82, 2.24) is 5.43 Å². The first-order valence-electron chi connectivity index (χ1n) is 5.38. The van der Waals surface area contributed by atoms with E-state index in [4.69, 9.17) is 9.84 Å². The fraction of sp³-hybridized carbons (Fsp3) is 0.250. The molecule has 0 atom stereocenters. The molecule has 0 aliphatic heterocycles. The standard InChI is InChI=1S/C12H14N2O5/c1-18-12(17)8-19-10-4-2-9(3-5-10)6-13-14-11(16)7-15/h2-6,15H,7-8H2,1H3,(H,14,16)/b13-6-. The van der Waals surface area contributed by atoms with Gasteiger partial charge in [0.1, 0.15) is 12.4 Å². The van der Waals surface area contributed by atoms with Gasteiger partial charge in [-0.2, -0.15) is 5.10 Å². The number of rotatable bonds is 6. The molecule has 0 fully saturated rings. The molecule has 19 heavy (non-hydrogen) atoms. The van der Waals surface area contributed by atoms with Crippen molar-refractivity contribution in [2.75, 3.05) is 20.3 Å². The van der Waals surface area contributed by atoms with Gasteiger partial charge in [0, 0.05) is 0 Å². The molecule has 0 saturated heterocycles. The molecule has 1 rings (SSSR count). The van der Waals surface area contributed by atoms with E-state index in [2.05, 4.69) is 15.3 Å². The van der Waals surface area contributed by atoms with Gasteiger partial charge in [-0.3, -0.25) is 4.79 Å². The van der Waals surface area contributed by atoms with Gasteiger partial charge in [0.05, 0.1) is 13.3 Å². The van der Waals surface area contributed by atoms with Gasteiger partial charge in [0.15, 0.2) is 6.61 Å². The highest BCUT2D eigenvalue weighted by Crippen LogP contribution is 2.10. The molecule has 1 amide bonds. The minimum Gasteiger partial charge on any atom is -0.482 e. The number of amides is 1. The van der Waals surface area contributed by atoms with Crippen LogP contribution in [-0.2, 0) is 14.3 Å². The van der Waals surface area contributed by atoms with Crippen molar-refractivity contribution in [2.24, 2.45) is 5.10 Å². The summed E-state index contributed by atoms with van der Waals surface area (Å²) in [7, 11) is 1.28. The molecule has 0 spiro atoms. The number of aliphatic hydroxyl groups excluding tert-OH is 1. The Morgan fingerprint density at radius 1 is 1.37 bits per heavy atom. The van der Waals surface area contributed by atoms with Crippen LogP contribution in [0.25, 0.3) is 0 Å². The fourth-order valence-corrected chi connectivity index (χ4v) is 1.07. The maximum absolute atomic E-state index is 10.9. The van der Waals surface area contributed by atoms with E-state index in [-0.39, 0.29) is 6.61 Å². The molecule has 2 N–H and O–H groups in total. The third-order valence-electron chi connectivity index (χ3n) is 2.01. The zero-order valence-electron chi connectivity index (χ0n) is 10.3.